The predicted octanol–water partition coefficient (Wildman–Crippen LogP) is 2.66. The smallest absolute Gasteiger partial charge is 0.147 e. The Balaban J connectivity index is 1.77. The van der Waals surface area contributed by atoms with Gasteiger partial charge in [0.1, 0.15) is 5.82 Å². The second-order valence-electron chi connectivity index (χ2n) is 4.89. The van der Waals surface area contributed by atoms with Crippen LogP contribution in [-0.2, 0) is 7.05 Å². The van der Waals surface area contributed by atoms with E-state index in [0.29, 0.717) is 0 Å². The molecule has 1 aliphatic rings. The molecule has 0 saturated heterocycles. The Morgan fingerprint density at radius 1 is 1.53 bits per heavy atom. The molecule has 2 unspecified atom stereocenters. The van der Waals surface area contributed by atoms with Crippen molar-refractivity contribution in [3.8, 4) is 0 Å². The van der Waals surface area contributed by atoms with E-state index in [1.54, 1.807) is 0 Å². The Morgan fingerprint density at radius 3 is 3.07 bits per heavy atom. The van der Waals surface area contributed by atoms with E-state index in [4.69, 9.17) is 0 Å². The lowest BCUT2D eigenvalue weighted by atomic mass is 9.82. The molecule has 0 aromatic carbocycles. The van der Waals surface area contributed by atoms with Gasteiger partial charge in [-0.2, -0.15) is 5.10 Å². The maximum absolute atomic E-state index is 4.32. The summed E-state index contributed by atoms with van der Waals surface area (Å²) in [5.74, 6) is 2.76. The van der Waals surface area contributed by atoms with Crippen molar-refractivity contribution in [2.45, 2.75) is 32.6 Å². The van der Waals surface area contributed by atoms with Crippen LogP contribution in [0.15, 0.2) is 12.3 Å². The molecule has 2 atom stereocenters. The Morgan fingerprint density at radius 2 is 2.40 bits per heavy atom. The summed E-state index contributed by atoms with van der Waals surface area (Å²) >= 11 is 0. The Labute approximate surface area is 91.9 Å². The lowest BCUT2D eigenvalue weighted by Crippen LogP contribution is -2.21. The molecule has 84 valence electrons. The molecule has 2 rings (SSSR count). The number of aromatic nitrogens is 2. The van der Waals surface area contributed by atoms with Gasteiger partial charge in [0.2, 0.25) is 0 Å². The normalized spacial score (nSPS) is 26.5. The molecule has 1 heterocycles. The quantitative estimate of drug-likeness (QED) is 0.825. The standard InChI is InChI=1S/C12H21N3/c1-10-4-3-5-11(8-10)9-13-12-6-7-15(2)14-12/h6-7,10-11H,3-5,8-9H2,1-2H3,(H,13,14). The van der Waals surface area contributed by atoms with Crippen molar-refractivity contribution < 1.29 is 0 Å². The minimum absolute atomic E-state index is 0.843. The van der Waals surface area contributed by atoms with Gasteiger partial charge >= 0.3 is 0 Å². The molecule has 0 aliphatic heterocycles. The molecule has 0 spiro atoms. The lowest BCUT2D eigenvalue weighted by Gasteiger charge is -2.26. The van der Waals surface area contributed by atoms with Crippen molar-refractivity contribution >= 4 is 5.82 Å². The van der Waals surface area contributed by atoms with E-state index in [0.717, 1.165) is 24.2 Å². The molecule has 3 nitrogen and oxygen atoms in total. The fourth-order valence-corrected chi connectivity index (χ4v) is 2.50. The van der Waals surface area contributed by atoms with Crippen LogP contribution in [0.4, 0.5) is 5.82 Å². The summed E-state index contributed by atoms with van der Waals surface area (Å²) in [6.07, 6.45) is 7.55. The van der Waals surface area contributed by atoms with Gasteiger partial charge < -0.3 is 5.32 Å². The fourth-order valence-electron chi connectivity index (χ4n) is 2.50. The zero-order valence-corrected chi connectivity index (χ0v) is 9.74. The molecule has 1 N–H and O–H groups in total. The van der Waals surface area contributed by atoms with E-state index in [1.807, 2.05) is 24.0 Å². The predicted molar refractivity (Wildman–Crippen MR) is 62.8 cm³/mol. The van der Waals surface area contributed by atoms with Crippen molar-refractivity contribution in [1.82, 2.24) is 9.78 Å². The van der Waals surface area contributed by atoms with Gasteiger partial charge in [-0.25, -0.2) is 0 Å². The monoisotopic (exact) mass is 207 g/mol. The average Bonchev–Trinajstić information content (AvgIpc) is 2.62. The molecule has 15 heavy (non-hydrogen) atoms. The van der Waals surface area contributed by atoms with Crippen LogP contribution in [0, 0.1) is 11.8 Å². The van der Waals surface area contributed by atoms with Crippen LogP contribution >= 0.6 is 0 Å². The van der Waals surface area contributed by atoms with E-state index in [2.05, 4.69) is 17.3 Å². The SMILES string of the molecule is CC1CCCC(CNc2ccn(C)n2)C1. The van der Waals surface area contributed by atoms with Crippen LogP contribution in [0.2, 0.25) is 0 Å². The van der Waals surface area contributed by atoms with Crippen molar-refractivity contribution in [3.63, 3.8) is 0 Å². The highest BCUT2D eigenvalue weighted by Gasteiger charge is 2.18. The minimum atomic E-state index is 0.843. The van der Waals surface area contributed by atoms with Crippen LogP contribution in [-0.4, -0.2) is 16.3 Å². The van der Waals surface area contributed by atoms with Crippen LogP contribution in [0.25, 0.3) is 0 Å². The number of nitrogens with one attached hydrogen (secondary N) is 1. The summed E-state index contributed by atoms with van der Waals surface area (Å²) in [5, 5.41) is 7.74. The molecule has 0 radical (unpaired) electrons. The molecule has 1 saturated carbocycles. The zero-order valence-electron chi connectivity index (χ0n) is 9.74. The molecule has 1 aliphatic carbocycles. The molecule has 1 fully saturated rings. The van der Waals surface area contributed by atoms with Crippen molar-refractivity contribution in [3.05, 3.63) is 12.3 Å². The highest BCUT2D eigenvalue weighted by atomic mass is 15.3. The van der Waals surface area contributed by atoms with E-state index in [-0.39, 0.29) is 0 Å². The number of nitrogens with zero attached hydrogens (tertiary/aromatic N) is 2. The topological polar surface area (TPSA) is 29.9 Å². The second kappa shape index (κ2) is 4.69. The molecule has 1 aromatic rings. The minimum Gasteiger partial charge on any atom is -0.368 e. The number of anilines is 1. The summed E-state index contributed by atoms with van der Waals surface area (Å²) in [5.41, 5.74) is 0. The zero-order chi connectivity index (χ0) is 10.7. The van der Waals surface area contributed by atoms with Crippen molar-refractivity contribution in [2.75, 3.05) is 11.9 Å². The molecular formula is C12H21N3. The Hall–Kier alpha value is -0.990. The summed E-state index contributed by atoms with van der Waals surface area (Å²) in [4.78, 5) is 0. The molecule has 3 heteroatoms. The average molecular weight is 207 g/mol. The largest absolute Gasteiger partial charge is 0.368 e. The molecule has 0 amide bonds. The van der Waals surface area contributed by atoms with Gasteiger partial charge in [0, 0.05) is 25.9 Å². The summed E-state index contributed by atoms with van der Waals surface area (Å²) in [7, 11) is 1.95. The van der Waals surface area contributed by atoms with Gasteiger partial charge in [0.05, 0.1) is 0 Å². The third-order valence-corrected chi connectivity index (χ3v) is 3.33. The third kappa shape index (κ3) is 2.98. The number of hydrogen-bond donors (Lipinski definition) is 1. The first-order valence-corrected chi connectivity index (χ1v) is 5.97. The molecular weight excluding hydrogens is 186 g/mol. The number of rotatable bonds is 3. The Bertz CT molecular complexity index is 306. The fraction of sp³-hybridized carbons (Fsp3) is 0.750. The lowest BCUT2D eigenvalue weighted by molar-refractivity contribution is 0.293. The van der Waals surface area contributed by atoms with Crippen molar-refractivity contribution in [2.24, 2.45) is 18.9 Å². The van der Waals surface area contributed by atoms with E-state index in [9.17, 15) is 0 Å². The molecule has 0 bridgehead atoms. The third-order valence-electron chi connectivity index (χ3n) is 3.33. The van der Waals surface area contributed by atoms with Crippen LogP contribution in [0.3, 0.4) is 0 Å². The van der Waals surface area contributed by atoms with E-state index in [1.165, 1.54) is 25.7 Å². The summed E-state index contributed by atoms with van der Waals surface area (Å²) < 4.78 is 1.84. The summed E-state index contributed by atoms with van der Waals surface area (Å²) in [6, 6.07) is 2.03. The van der Waals surface area contributed by atoms with Gasteiger partial charge in [0.25, 0.3) is 0 Å². The van der Waals surface area contributed by atoms with Gasteiger partial charge in [0.15, 0.2) is 0 Å². The van der Waals surface area contributed by atoms with Gasteiger partial charge in [-0.1, -0.05) is 19.8 Å². The highest BCUT2D eigenvalue weighted by Crippen LogP contribution is 2.28. The number of aryl methyl sites for hydroxylation is 1. The van der Waals surface area contributed by atoms with Crippen LogP contribution in [0.5, 0.6) is 0 Å². The molecule has 1 aromatic heterocycles. The van der Waals surface area contributed by atoms with Crippen LogP contribution < -0.4 is 5.32 Å². The Kier molecular flexibility index (Phi) is 3.29. The maximum Gasteiger partial charge on any atom is 0.147 e. The van der Waals surface area contributed by atoms with E-state index >= 15 is 0 Å². The maximum atomic E-state index is 4.32. The van der Waals surface area contributed by atoms with Gasteiger partial charge in [-0.15, -0.1) is 0 Å². The van der Waals surface area contributed by atoms with Crippen molar-refractivity contribution in [1.29, 1.82) is 0 Å². The van der Waals surface area contributed by atoms with Gasteiger partial charge in [-0.3, -0.25) is 4.68 Å². The van der Waals surface area contributed by atoms with Crippen LogP contribution in [0.1, 0.15) is 32.6 Å². The number of hydrogen-bond acceptors (Lipinski definition) is 2. The first-order chi connectivity index (χ1) is 7.24. The van der Waals surface area contributed by atoms with E-state index < -0.39 is 0 Å². The van der Waals surface area contributed by atoms with Gasteiger partial charge in [-0.05, 0) is 24.7 Å². The summed E-state index contributed by atoms with van der Waals surface area (Å²) in [6.45, 7) is 3.45. The first-order valence-electron chi connectivity index (χ1n) is 5.97. The first kappa shape index (κ1) is 10.5. The highest BCUT2D eigenvalue weighted by molar-refractivity contribution is 5.31. The second-order valence-corrected chi connectivity index (χ2v) is 4.89.